The van der Waals surface area contributed by atoms with Gasteiger partial charge in [-0.05, 0) is 36.6 Å². The molecule has 0 saturated carbocycles. The molecular formula is C23H26FN3O2. The number of likely N-dealkylation sites (tertiary alicyclic amines) is 1. The Hall–Kier alpha value is -2.70. The number of carbonyl (C=O) groups excluding carboxylic acids is 1. The maximum Gasteiger partial charge on any atom is 0.267 e. The Morgan fingerprint density at radius 2 is 2.07 bits per heavy atom. The first-order valence-electron chi connectivity index (χ1n) is 9.92. The van der Waals surface area contributed by atoms with E-state index in [1.807, 2.05) is 25.1 Å². The second-order valence-electron chi connectivity index (χ2n) is 7.71. The van der Waals surface area contributed by atoms with E-state index in [-0.39, 0.29) is 23.9 Å². The maximum atomic E-state index is 14.0. The van der Waals surface area contributed by atoms with Crippen LogP contribution in [0.4, 0.5) is 4.39 Å². The molecule has 0 aliphatic carbocycles. The van der Waals surface area contributed by atoms with Crippen LogP contribution in [0.1, 0.15) is 28.0 Å². The van der Waals surface area contributed by atoms with Gasteiger partial charge in [-0.3, -0.25) is 9.69 Å². The second kappa shape index (κ2) is 8.35. The fourth-order valence-corrected chi connectivity index (χ4v) is 4.09. The maximum absolute atomic E-state index is 14.0. The molecule has 3 aromatic rings. The third-order valence-electron chi connectivity index (χ3n) is 5.76. The number of halogens is 1. The van der Waals surface area contributed by atoms with E-state index in [2.05, 4.69) is 27.3 Å². The fourth-order valence-electron chi connectivity index (χ4n) is 4.09. The van der Waals surface area contributed by atoms with E-state index < -0.39 is 0 Å². The van der Waals surface area contributed by atoms with E-state index in [0.29, 0.717) is 17.8 Å². The third-order valence-corrected chi connectivity index (χ3v) is 5.76. The highest BCUT2D eigenvalue weighted by molar-refractivity contribution is 5.98. The molecule has 1 amide bonds. The van der Waals surface area contributed by atoms with Gasteiger partial charge < -0.3 is 15.0 Å². The van der Waals surface area contributed by atoms with Crippen molar-refractivity contribution < 1.29 is 13.9 Å². The molecule has 152 valence electrons. The van der Waals surface area contributed by atoms with Crippen LogP contribution in [0.5, 0.6) is 0 Å². The summed E-state index contributed by atoms with van der Waals surface area (Å²) in [6, 6.07) is 15.3. The van der Waals surface area contributed by atoms with Crippen LogP contribution in [-0.4, -0.2) is 48.1 Å². The molecule has 29 heavy (non-hydrogen) atoms. The van der Waals surface area contributed by atoms with E-state index in [1.54, 1.807) is 19.2 Å². The van der Waals surface area contributed by atoms with E-state index in [1.165, 1.54) is 11.6 Å². The number of aromatic amines is 1. The van der Waals surface area contributed by atoms with Crippen LogP contribution in [0.15, 0.2) is 48.5 Å². The molecule has 0 spiro atoms. The molecule has 0 unspecified atom stereocenters. The van der Waals surface area contributed by atoms with Crippen molar-refractivity contribution in [3.8, 4) is 0 Å². The van der Waals surface area contributed by atoms with E-state index in [9.17, 15) is 9.18 Å². The second-order valence-corrected chi connectivity index (χ2v) is 7.71. The van der Waals surface area contributed by atoms with Gasteiger partial charge in [0.15, 0.2) is 0 Å². The van der Waals surface area contributed by atoms with E-state index in [0.717, 1.165) is 30.5 Å². The Balaban J connectivity index is 1.44. The molecule has 0 bridgehead atoms. The van der Waals surface area contributed by atoms with Crippen molar-refractivity contribution in [2.75, 3.05) is 20.2 Å². The first-order chi connectivity index (χ1) is 14.0. The largest absolute Gasteiger partial charge is 0.380 e. The van der Waals surface area contributed by atoms with Crippen molar-refractivity contribution >= 4 is 16.8 Å². The smallest absolute Gasteiger partial charge is 0.267 e. The molecule has 2 heterocycles. The number of aromatic nitrogens is 1. The summed E-state index contributed by atoms with van der Waals surface area (Å²) in [7, 11) is 1.73. The zero-order valence-electron chi connectivity index (χ0n) is 16.7. The molecule has 6 heteroatoms. The minimum atomic E-state index is -0.350. The molecule has 1 aliphatic heterocycles. The van der Waals surface area contributed by atoms with Crippen LogP contribution in [0.2, 0.25) is 0 Å². The number of benzene rings is 2. The number of methoxy groups -OCH3 is 1. The predicted molar refractivity (Wildman–Crippen MR) is 111 cm³/mol. The Kier molecular flexibility index (Phi) is 5.65. The average molecular weight is 395 g/mol. The molecule has 2 atom stereocenters. The number of nitrogens with zero attached hydrogens (tertiary/aromatic N) is 1. The lowest BCUT2D eigenvalue weighted by Gasteiger charge is -2.24. The quantitative estimate of drug-likeness (QED) is 0.670. The summed E-state index contributed by atoms with van der Waals surface area (Å²) in [6.07, 6.45) is 1.02. The van der Waals surface area contributed by atoms with Crippen molar-refractivity contribution in [3.63, 3.8) is 0 Å². The summed E-state index contributed by atoms with van der Waals surface area (Å²) in [5.74, 6) is -0.571. The topological polar surface area (TPSA) is 57.4 Å². The number of nitrogens with one attached hydrogen (secondary N) is 2. The summed E-state index contributed by atoms with van der Waals surface area (Å²) in [5, 5.41) is 3.75. The molecule has 2 aromatic carbocycles. The monoisotopic (exact) mass is 395 g/mol. The first kappa shape index (κ1) is 19.6. The number of amides is 1. The predicted octanol–water partition coefficient (Wildman–Crippen LogP) is 3.63. The number of hydrogen-bond donors (Lipinski definition) is 2. The summed E-state index contributed by atoms with van der Waals surface area (Å²) in [4.78, 5) is 18.0. The number of hydrogen-bond acceptors (Lipinski definition) is 3. The summed E-state index contributed by atoms with van der Waals surface area (Å²) in [5.41, 5.74) is 2.93. The van der Waals surface area contributed by atoms with Crippen molar-refractivity contribution in [1.82, 2.24) is 15.2 Å². The molecule has 1 aliphatic rings. The average Bonchev–Trinajstić information content (AvgIpc) is 3.35. The van der Waals surface area contributed by atoms with Gasteiger partial charge >= 0.3 is 0 Å². The molecular weight excluding hydrogens is 369 g/mol. The molecule has 5 nitrogen and oxygen atoms in total. The van der Waals surface area contributed by atoms with Crippen LogP contribution in [0.3, 0.4) is 0 Å². The highest BCUT2D eigenvalue weighted by Crippen LogP contribution is 2.24. The van der Waals surface area contributed by atoms with Gasteiger partial charge in [-0.15, -0.1) is 0 Å². The number of carbonyl (C=O) groups is 1. The Morgan fingerprint density at radius 1 is 1.28 bits per heavy atom. The summed E-state index contributed by atoms with van der Waals surface area (Å²) < 4.78 is 19.6. The van der Waals surface area contributed by atoms with Crippen molar-refractivity contribution in [1.29, 1.82) is 0 Å². The highest BCUT2D eigenvalue weighted by Gasteiger charge is 2.32. The minimum Gasteiger partial charge on any atom is -0.380 e. The number of rotatable bonds is 6. The zero-order valence-corrected chi connectivity index (χ0v) is 16.7. The zero-order chi connectivity index (χ0) is 20.4. The normalized spacial score (nSPS) is 19.7. The SMILES string of the molecule is CO[C@H]1C[C@@H](CNC(=O)c2cc3c(C)ccc(F)c3[nH]2)N(Cc2ccccc2)C1. The first-order valence-corrected chi connectivity index (χ1v) is 9.92. The summed E-state index contributed by atoms with van der Waals surface area (Å²) in [6.45, 7) is 4.07. The minimum absolute atomic E-state index is 0.158. The number of ether oxygens (including phenoxy) is 1. The van der Waals surface area contributed by atoms with Crippen molar-refractivity contribution in [2.45, 2.75) is 32.0 Å². The molecule has 2 N–H and O–H groups in total. The van der Waals surface area contributed by atoms with Crippen molar-refractivity contribution in [2.24, 2.45) is 0 Å². The van der Waals surface area contributed by atoms with E-state index in [4.69, 9.17) is 4.74 Å². The van der Waals surface area contributed by atoms with Crippen LogP contribution in [-0.2, 0) is 11.3 Å². The Labute approximate surface area is 169 Å². The molecule has 1 fully saturated rings. The van der Waals surface area contributed by atoms with Gasteiger partial charge in [0.05, 0.1) is 11.6 Å². The lowest BCUT2D eigenvalue weighted by Crippen LogP contribution is -2.39. The summed E-state index contributed by atoms with van der Waals surface area (Å²) >= 11 is 0. The highest BCUT2D eigenvalue weighted by atomic mass is 19.1. The van der Waals surface area contributed by atoms with Gasteiger partial charge in [-0.1, -0.05) is 36.4 Å². The molecule has 4 rings (SSSR count). The van der Waals surface area contributed by atoms with Gasteiger partial charge in [0.2, 0.25) is 0 Å². The molecule has 1 saturated heterocycles. The Morgan fingerprint density at radius 3 is 2.79 bits per heavy atom. The lowest BCUT2D eigenvalue weighted by molar-refractivity contribution is 0.0935. The number of fused-ring (bicyclic) bond motifs is 1. The lowest BCUT2D eigenvalue weighted by atomic mass is 10.1. The Bertz CT molecular complexity index is 963. The van der Waals surface area contributed by atoms with E-state index >= 15 is 0 Å². The van der Waals surface area contributed by atoms with Crippen LogP contribution in [0, 0.1) is 12.7 Å². The van der Waals surface area contributed by atoms with Gasteiger partial charge in [0.1, 0.15) is 11.5 Å². The van der Waals surface area contributed by atoms with Crippen LogP contribution >= 0.6 is 0 Å². The van der Waals surface area contributed by atoms with Gasteiger partial charge in [-0.25, -0.2) is 4.39 Å². The standard InChI is InChI=1S/C23H26FN3O2/c1-15-8-9-20(24)22-19(15)11-21(26-22)23(28)25-12-17-10-18(29-2)14-27(17)13-16-6-4-3-5-7-16/h3-9,11,17-18,26H,10,12-14H2,1-2H3,(H,25,28)/t17-,18-/m0/s1. The van der Waals surface area contributed by atoms with Crippen LogP contribution < -0.4 is 5.32 Å². The van der Waals surface area contributed by atoms with Gasteiger partial charge in [-0.2, -0.15) is 0 Å². The van der Waals surface area contributed by atoms with Gasteiger partial charge in [0, 0.05) is 38.2 Å². The van der Waals surface area contributed by atoms with Gasteiger partial charge in [0.25, 0.3) is 5.91 Å². The number of aryl methyl sites for hydroxylation is 1. The molecule has 0 radical (unpaired) electrons. The van der Waals surface area contributed by atoms with Crippen LogP contribution in [0.25, 0.3) is 10.9 Å². The van der Waals surface area contributed by atoms with Crippen molar-refractivity contribution in [3.05, 3.63) is 71.2 Å². The molecule has 1 aromatic heterocycles. The fraction of sp³-hybridized carbons (Fsp3) is 0.348. The number of H-pyrrole nitrogens is 1. The third kappa shape index (κ3) is 4.18.